The van der Waals surface area contributed by atoms with Crippen LogP contribution in [0.4, 0.5) is 0 Å². The molecule has 1 atom stereocenters. The van der Waals surface area contributed by atoms with Crippen LogP contribution in [0.2, 0.25) is 5.02 Å². The molecule has 1 heterocycles. The Balaban J connectivity index is 2.07. The fraction of sp³-hybridized carbons (Fsp3) is 0.182. The lowest BCUT2D eigenvalue weighted by Gasteiger charge is -2.13. The van der Waals surface area contributed by atoms with Crippen LogP contribution in [0.3, 0.4) is 0 Å². The number of carbonyl (C=O) groups excluding carboxylic acids is 1. The van der Waals surface area contributed by atoms with Gasteiger partial charge in [-0.05, 0) is 24.6 Å². The van der Waals surface area contributed by atoms with Crippen molar-refractivity contribution >= 4 is 17.5 Å². The summed E-state index contributed by atoms with van der Waals surface area (Å²) in [5.41, 5.74) is 0.936. The molecule has 0 aliphatic rings. The summed E-state index contributed by atoms with van der Waals surface area (Å²) in [7, 11) is 0. The number of H-pyrrole nitrogens is 1. The topological polar surface area (TPSA) is 70.7 Å². The fourth-order valence-corrected chi connectivity index (χ4v) is 1.64. The molecule has 0 radical (unpaired) electrons. The Labute approximate surface area is 103 Å². The first-order valence-electron chi connectivity index (χ1n) is 5.08. The van der Waals surface area contributed by atoms with Crippen molar-refractivity contribution in [2.24, 2.45) is 0 Å². The molecule has 0 bridgehead atoms. The Kier molecular flexibility index (Phi) is 3.39. The minimum absolute atomic E-state index is 0.147. The quantitative estimate of drug-likeness (QED) is 0.875. The van der Waals surface area contributed by atoms with Crippen LogP contribution in [0.1, 0.15) is 29.1 Å². The molecule has 0 saturated carbocycles. The Bertz CT molecular complexity index is 512. The van der Waals surface area contributed by atoms with E-state index in [0.717, 1.165) is 5.56 Å². The Morgan fingerprint density at radius 1 is 1.53 bits per heavy atom. The summed E-state index contributed by atoms with van der Waals surface area (Å²) in [6.45, 7) is 1.87. The van der Waals surface area contributed by atoms with E-state index >= 15 is 0 Å². The molecule has 1 amide bonds. The van der Waals surface area contributed by atoms with Crippen LogP contribution in [0.15, 0.2) is 30.6 Å². The molecule has 0 spiro atoms. The number of benzene rings is 1. The summed E-state index contributed by atoms with van der Waals surface area (Å²) in [4.78, 5) is 15.5. The number of aromatic amines is 1. The Morgan fingerprint density at radius 2 is 2.35 bits per heavy atom. The Hall–Kier alpha value is -1.88. The summed E-state index contributed by atoms with van der Waals surface area (Å²) in [6.07, 6.45) is 1.29. The van der Waals surface area contributed by atoms with Gasteiger partial charge in [0.15, 0.2) is 0 Å². The van der Waals surface area contributed by atoms with Crippen LogP contribution in [0.5, 0.6) is 0 Å². The molecular formula is C11H11ClN4O. The van der Waals surface area contributed by atoms with Crippen LogP contribution in [-0.4, -0.2) is 21.1 Å². The molecule has 2 rings (SSSR count). The molecule has 5 nitrogen and oxygen atoms in total. The molecule has 2 N–H and O–H groups in total. The minimum Gasteiger partial charge on any atom is -0.343 e. The molecule has 6 heteroatoms. The molecule has 0 saturated heterocycles. The van der Waals surface area contributed by atoms with Crippen molar-refractivity contribution in [3.8, 4) is 0 Å². The van der Waals surface area contributed by atoms with Gasteiger partial charge in [-0.15, -0.1) is 0 Å². The molecule has 1 aromatic heterocycles. The van der Waals surface area contributed by atoms with Crippen molar-refractivity contribution in [2.75, 3.05) is 0 Å². The van der Waals surface area contributed by atoms with E-state index in [1.165, 1.54) is 6.33 Å². The van der Waals surface area contributed by atoms with E-state index in [1.54, 1.807) is 6.07 Å². The van der Waals surface area contributed by atoms with Gasteiger partial charge in [-0.3, -0.25) is 9.89 Å². The van der Waals surface area contributed by atoms with E-state index in [0.29, 0.717) is 5.02 Å². The zero-order chi connectivity index (χ0) is 12.3. The van der Waals surface area contributed by atoms with Gasteiger partial charge in [0.05, 0.1) is 6.04 Å². The molecule has 0 aliphatic carbocycles. The highest BCUT2D eigenvalue weighted by molar-refractivity contribution is 6.30. The van der Waals surface area contributed by atoms with Gasteiger partial charge >= 0.3 is 0 Å². The number of nitrogens with one attached hydrogen (secondary N) is 2. The molecule has 2 aromatic rings. The summed E-state index contributed by atoms with van der Waals surface area (Å²) in [6, 6.07) is 7.20. The first-order valence-corrected chi connectivity index (χ1v) is 5.46. The van der Waals surface area contributed by atoms with E-state index < -0.39 is 0 Å². The maximum absolute atomic E-state index is 11.7. The van der Waals surface area contributed by atoms with Gasteiger partial charge in [0.2, 0.25) is 5.82 Å². The summed E-state index contributed by atoms with van der Waals surface area (Å²) < 4.78 is 0. The molecule has 17 heavy (non-hydrogen) atoms. The summed E-state index contributed by atoms with van der Waals surface area (Å²) in [5, 5.41) is 9.56. The van der Waals surface area contributed by atoms with E-state index in [9.17, 15) is 4.79 Å². The largest absolute Gasteiger partial charge is 0.343 e. The predicted molar refractivity (Wildman–Crippen MR) is 63.7 cm³/mol. The highest BCUT2D eigenvalue weighted by Crippen LogP contribution is 2.17. The number of amides is 1. The molecular weight excluding hydrogens is 240 g/mol. The number of carbonyl (C=O) groups is 1. The van der Waals surface area contributed by atoms with Gasteiger partial charge < -0.3 is 5.32 Å². The van der Waals surface area contributed by atoms with Crippen LogP contribution >= 0.6 is 11.6 Å². The van der Waals surface area contributed by atoms with E-state index in [1.807, 2.05) is 25.1 Å². The van der Waals surface area contributed by atoms with Gasteiger partial charge in [-0.1, -0.05) is 23.7 Å². The first-order chi connectivity index (χ1) is 8.16. The van der Waals surface area contributed by atoms with E-state index in [4.69, 9.17) is 11.6 Å². The summed E-state index contributed by atoms with van der Waals surface area (Å²) in [5.74, 6) is -0.103. The second-order valence-corrected chi connectivity index (χ2v) is 4.02. The highest BCUT2D eigenvalue weighted by atomic mass is 35.5. The third-order valence-electron chi connectivity index (χ3n) is 2.33. The van der Waals surface area contributed by atoms with Crippen LogP contribution in [0, 0.1) is 0 Å². The average Bonchev–Trinajstić information content (AvgIpc) is 2.82. The molecule has 0 aliphatic heterocycles. The van der Waals surface area contributed by atoms with Crippen molar-refractivity contribution < 1.29 is 4.79 Å². The number of halogens is 1. The SMILES string of the molecule is CC(NC(=O)c1ncn[nH]1)c1cccc(Cl)c1. The van der Waals surface area contributed by atoms with Crippen molar-refractivity contribution in [3.63, 3.8) is 0 Å². The van der Waals surface area contributed by atoms with E-state index in [-0.39, 0.29) is 17.8 Å². The maximum atomic E-state index is 11.7. The zero-order valence-corrected chi connectivity index (χ0v) is 9.90. The lowest BCUT2D eigenvalue weighted by molar-refractivity contribution is 0.0930. The number of nitrogens with zero attached hydrogens (tertiary/aromatic N) is 2. The van der Waals surface area contributed by atoms with Gasteiger partial charge in [-0.2, -0.15) is 5.10 Å². The number of aromatic nitrogens is 3. The minimum atomic E-state index is -0.296. The molecule has 0 fully saturated rings. The number of hydrogen-bond acceptors (Lipinski definition) is 3. The van der Waals surface area contributed by atoms with Crippen molar-refractivity contribution in [1.82, 2.24) is 20.5 Å². The fourth-order valence-electron chi connectivity index (χ4n) is 1.44. The lowest BCUT2D eigenvalue weighted by atomic mass is 10.1. The maximum Gasteiger partial charge on any atom is 0.289 e. The third kappa shape index (κ3) is 2.82. The molecule has 1 unspecified atom stereocenters. The average molecular weight is 251 g/mol. The van der Waals surface area contributed by atoms with Crippen molar-refractivity contribution in [1.29, 1.82) is 0 Å². The van der Waals surface area contributed by atoms with Crippen LogP contribution < -0.4 is 5.32 Å². The van der Waals surface area contributed by atoms with E-state index in [2.05, 4.69) is 20.5 Å². The smallest absolute Gasteiger partial charge is 0.289 e. The van der Waals surface area contributed by atoms with Gasteiger partial charge in [0, 0.05) is 5.02 Å². The first kappa shape index (κ1) is 11.6. The summed E-state index contributed by atoms with van der Waals surface area (Å²) >= 11 is 5.88. The van der Waals surface area contributed by atoms with Gasteiger partial charge in [-0.25, -0.2) is 4.98 Å². The zero-order valence-electron chi connectivity index (χ0n) is 9.14. The standard InChI is InChI=1S/C11H11ClN4O/c1-7(8-3-2-4-9(12)5-8)15-11(17)10-13-6-14-16-10/h2-7H,1H3,(H,15,17)(H,13,14,16). The van der Waals surface area contributed by atoms with Crippen LogP contribution in [0.25, 0.3) is 0 Å². The second-order valence-electron chi connectivity index (χ2n) is 3.58. The third-order valence-corrected chi connectivity index (χ3v) is 2.56. The lowest BCUT2D eigenvalue weighted by Crippen LogP contribution is -2.27. The molecule has 1 aromatic carbocycles. The predicted octanol–water partition coefficient (Wildman–Crippen LogP) is 1.95. The van der Waals surface area contributed by atoms with Crippen LogP contribution in [-0.2, 0) is 0 Å². The van der Waals surface area contributed by atoms with Crippen molar-refractivity contribution in [3.05, 3.63) is 47.0 Å². The Morgan fingerprint density at radius 3 is 3.00 bits per heavy atom. The molecule has 88 valence electrons. The normalized spacial score (nSPS) is 12.1. The van der Waals surface area contributed by atoms with Gasteiger partial charge in [0.1, 0.15) is 6.33 Å². The monoisotopic (exact) mass is 250 g/mol. The second kappa shape index (κ2) is 4.97. The highest BCUT2D eigenvalue weighted by Gasteiger charge is 2.13. The van der Waals surface area contributed by atoms with Gasteiger partial charge in [0.25, 0.3) is 5.91 Å². The number of rotatable bonds is 3. The number of hydrogen-bond donors (Lipinski definition) is 2. The van der Waals surface area contributed by atoms with Crippen molar-refractivity contribution in [2.45, 2.75) is 13.0 Å².